The molecular weight excluding hydrogens is 144 g/mol. The molecule has 0 saturated carbocycles. The number of aliphatic carboxylic acids is 1. The fraction of sp³-hybridized carbons (Fsp3) is 0.625. The Kier molecular flexibility index (Phi) is 5.47. The summed E-state index contributed by atoms with van der Waals surface area (Å²) in [4.78, 5) is 10.0. The number of allylic oxidation sites excluding steroid dienone is 1. The highest BCUT2D eigenvalue weighted by Crippen LogP contribution is 1.96. The number of carboxylic acids is 1. The fourth-order valence-electron chi connectivity index (χ4n) is 0.667. The molecule has 0 aromatic carbocycles. The molecule has 0 amide bonds. The van der Waals surface area contributed by atoms with E-state index < -0.39 is 12.1 Å². The molecule has 11 heavy (non-hydrogen) atoms. The van der Waals surface area contributed by atoms with E-state index in [1.807, 2.05) is 6.92 Å². The van der Waals surface area contributed by atoms with E-state index in [4.69, 9.17) is 10.2 Å². The van der Waals surface area contributed by atoms with E-state index in [1.54, 1.807) is 6.08 Å². The van der Waals surface area contributed by atoms with Crippen LogP contribution in [0.15, 0.2) is 12.2 Å². The molecule has 0 fully saturated rings. The first-order valence-corrected chi connectivity index (χ1v) is 3.73. The van der Waals surface area contributed by atoms with Crippen LogP contribution in [-0.2, 0) is 4.79 Å². The lowest BCUT2D eigenvalue weighted by molar-refractivity contribution is -0.138. The fourth-order valence-corrected chi connectivity index (χ4v) is 0.667. The molecule has 0 unspecified atom stereocenters. The number of carboxylic acid groups (broad SMARTS) is 1. The lowest BCUT2D eigenvalue weighted by atomic mass is 10.2. The van der Waals surface area contributed by atoms with Crippen molar-refractivity contribution in [3.63, 3.8) is 0 Å². The molecule has 64 valence electrons. The molecule has 0 aliphatic rings. The van der Waals surface area contributed by atoms with Crippen molar-refractivity contribution in [3.8, 4) is 0 Å². The van der Waals surface area contributed by atoms with Gasteiger partial charge in [0, 0.05) is 0 Å². The van der Waals surface area contributed by atoms with Crippen LogP contribution in [0.25, 0.3) is 0 Å². The van der Waals surface area contributed by atoms with Crippen molar-refractivity contribution < 1.29 is 15.0 Å². The largest absolute Gasteiger partial charge is 0.481 e. The summed E-state index contributed by atoms with van der Waals surface area (Å²) in [6.45, 7) is 2.02. The summed E-state index contributed by atoms with van der Waals surface area (Å²) in [6.07, 6.45) is 4.18. The summed E-state index contributed by atoms with van der Waals surface area (Å²) in [5.74, 6) is -0.973. The quantitative estimate of drug-likeness (QED) is 0.590. The topological polar surface area (TPSA) is 57.5 Å². The van der Waals surface area contributed by atoms with Crippen molar-refractivity contribution >= 4 is 5.97 Å². The Balaban J connectivity index is 3.50. The lowest BCUT2D eigenvalue weighted by Gasteiger charge is -1.98. The van der Waals surface area contributed by atoms with Crippen LogP contribution < -0.4 is 0 Å². The van der Waals surface area contributed by atoms with Crippen molar-refractivity contribution in [2.45, 2.75) is 32.3 Å². The normalized spacial score (nSPS) is 13.6. The van der Waals surface area contributed by atoms with Crippen LogP contribution >= 0.6 is 0 Å². The molecule has 0 radical (unpaired) electrons. The van der Waals surface area contributed by atoms with Crippen LogP contribution in [0.3, 0.4) is 0 Å². The standard InChI is InChI=1S/C8H14O3/c1-2-3-4-5-7(9)6-8(10)11/h4-5,7,9H,2-3,6H2,1H3,(H,10,11)/b5-4+/t7-/m1/s1. The van der Waals surface area contributed by atoms with E-state index >= 15 is 0 Å². The predicted molar refractivity (Wildman–Crippen MR) is 42.3 cm³/mol. The second-order valence-corrected chi connectivity index (χ2v) is 2.38. The van der Waals surface area contributed by atoms with Crippen LogP contribution in [0.5, 0.6) is 0 Å². The Hall–Kier alpha value is -0.830. The molecule has 0 rings (SSSR count). The van der Waals surface area contributed by atoms with Crippen LogP contribution in [0.4, 0.5) is 0 Å². The zero-order valence-electron chi connectivity index (χ0n) is 6.66. The Morgan fingerprint density at radius 3 is 2.73 bits per heavy atom. The monoisotopic (exact) mass is 158 g/mol. The molecule has 0 aliphatic carbocycles. The van der Waals surface area contributed by atoms with Gasteiger partial charge in [-0.1, -0.05) is 25.5 Å². The number of carbonyl (C=O) groups is 1. The van der Waals surface area contributed by atoms with Crippen LogP contribution in [0.2, 0.25) is 0 Å². The molecule has 0 bridgehead atoms. The van der Waals surface area contributed by atoms with Gasteiger partial charge in [0.05, 0.1) is 12.5 Å². The number of aliphatic hydroxyl groups is 1. The molecule has 0 aromatic rings. The molecule has 0 heterocycles. The summed E-state index contributed by atoms with van der Waals surface area (Å²) in [6, 6.07) is 0. The van der Waals surface area contributed by atoms with Gasteiger partial charge in [-0.2, -0.15) is 0 Å². The molecule has 0 spiro atoms. The average molecular weight is 158 g/mol. The van der Waals surface area contributed by atoms with Gasteiger partial charge in [0.25, 0.3) is 0 Å². The highest BCUT2D eigenvalue weighted by Gasteiger charge is 2.03. The third kappa shape index (κ3) is 7.06. The number of hydrogen-bond acceptors (Lipinski definition) is 2. The molecule has 3 nitrogen and oxygen atoms in total. The molecular formula is C8H14O3. The number of unbranched alkanes of at least 4 members (excludes halogenated alkanes) is 1. The first-order valence-electron chi connectivity index (χ1n) is 3.73. The van der Waals surface area contributed by atoms with E-state index in [-0.39, 0.29) is 6.42 Å². The van der Waals surface area contributed by atoms with Crippen molar-refractivity contribution in [2.24, 2.45) is 0 Å². The van der Waals surface area contributed by atoms with E-state index in [0.717, 1.165) is 12.8 Å². The zero-order chi connectivity index (χ0) is 8.69. The van der Waals surface area contributed by atoms with Crippen molar-refractivity contribution in [1.29, 1.82) is 0 Å². The lowest BCUT2D eigenvalue weighted by Crippen LogP contribution is -2.09. The third-order valence-corrected chi connectivity index (χ3v) is 1.20. The SMILES string of the molecule is CCC/C=C/[C@@H](O)CC(=O)O. The molecule has 0 aliphatic heterocycles. The third-order valence-electron chi connectivity index (χ3n) is 1.20. The van der Waals surface area contributed by atoms with E-state index in [2.05, 4.69) is 0 Å². The van der Waals surface area contributed by atoms with E-state index in [9.17, 15) is 4.79 Å². The molecule has 2 N–H and O–H groups in total. The average Bonchev–Trinajstić information content (AvgIpc) is 1.86. The maximum Gasteiger partial charge on any atom is 0.306 e. The summed E-state index contributed by atoms with van der Waals surface area (Å²) >= 11 is 0. The van der Waals surface area contributed by atoms with Gasteiger partial charge in [-0.3, -0.25) is 4.79 Å². The minimum absolute atomic E-state index is 0.208. The van der Waals surface area contributed by atoms with Gasteiger partial charge in [-0.05, 0) is 6.42 Å². The highest BCUT2D eigenvalue weighted by atomic mass is 16.4. The summed E-state index contributed by atoms with van der Waals surface area (Å²) in [5, 5.41) is 17.2. The van der Waals surface area contributed by atoms with Crippen LogP contribution in [0, 0.1) is 0 Å². The van der Waals surface area contributed by atoms with Gasteiger partial charge in [0.15, 0.2) is 0 Å². The number of aliphatic hydroxyl groups excluding tert-OH is 1. The van der Waals surface area contributed by atoms with E-state index in [0.29, 0.717) is 0 Å². The van der Waals surface area contributed by atoms with Gasteiger partial charge in [-0.15, -0.1) is 0 Å². The minimum Gasteiger partial charge on any atom is -0.481 e. The summed E-state index contributed by atoms with van der Waals surface area (Å²) < 4.78 is 0. The molecule has 0 saturated heterocycles. The zero-order valence-corrected chi connectivity index (χ0v) is 6.66. The first-order chi connectivity index (χ1) is 5.16. The smallest absolute Gasteiger partial charge is 0.306 e. The number of rotatable bonds is 5. The molecule has 0 aromatic heterocycles. The van der Waals surface area contributed by atoms with Gasteiger partial charge in [-0.25, -0.2) is 0 Å². The minimum atomic E-state index is -0.973. The second kappa shape index (κ2) is 5.92. The van der Waals surface area contributed by atoms with Crippen molar-refractivity contribution in [3.05, 3.63) is 12.2 Å². The number of hydrogen-bond donors (Lipinski definition) is 2. The Morgan fingerprint density at radius 2 is 2.27 bits per heavy atom. The maximum atomic E-state index is 10.0. The molecule has 1 atom stereocenters. The van der Waals surface area contributed by atoms with Crippen LogP contribution in [-0.4, -0.2) is 22.3 Å². The van der Waals surface area contributed by atoms with Gasteiger partial charge in [0.1, 0.15) is 0 Å². The highest BCUT2D eigenvalue weighted by molar-refractivity contribution is 5.67. The Morgan fingerprint density at radius 1 is 1.64 bits per heavy atom. The van der Waals surface area contributed by atoms with Gasteiger partial charge in [0.2, 0.25) is 0 Å². The summed E-state index contributed by atoms with van der Waals surface area (Å²) in [7, 11) is 0. The van der Waals surface area contributed by atoms with Crippen LogP contribution in [0.1, 0.15) is 26.2 Å². The van der Waals surface area contributed by atoms with E-state index in [1.165, 1.54) is 6.08 Å². The van der Waals surface area contributed by atoms with Gasteiger partial charge < -0.3 is 10.2 Å². The van der Waals surface area contributed by atoms with Crippen molar-refractivity contribution in [1.82, 2.24) is 0 Å². The maximum absolute atomic E-state index is 10.0. The Labute approximate surface area is 66.4 Å². The van der Waals surface area contributed by atoms with Gasteiger partial charge >= 0.3 is 5.97 Å². The van der Waals surface area contributed by atoms with Crippen molar-refractivity contribution in [2.75, 3.05) is 0 Å². The second-order valence-electron chi connectivity index (χ2n) is 2.38. The summed E-state index contributed by atoms with van der Waals surface area (Å²) in [5.41, 5.74) is 0. The first kappa shape index (κ1) is 10.2. The molecule has 3 heteroatoms. The Bertz CT molecular complexity index is 140. The predicted octanol–water partition coefficient (Wildman–Crippen LogP) is 1.18.